The number of hydrogen-bond acceptors (Lipinski definition) is 2. The molecule has 100 valence electrons. The molecule has 19 heavy (non-hydrogen) atoms. The van der Waals surface area contributed by atoms with Gasteiger partial charge >= 0.3 is 0 Å². The quantitative estimate of drug-likeness (QED) is 0.901. The molecule has 0 aliphatic carbocycles. The zero-order valence-corrected chi connectivity index (χ0v) is 11.9. The van der Waals surface area contributed by atoms with Crippen LogP contribution >= 0.6 is 11.6 Å². The highest BCUT2D eigenvalue weighted by atomic mass is 35.5. The van der Waals surface area contributed by atoms with E-state index < -0.39 is 0 Å². The van der Waals surface area contributed by atoms with Crippen LogP contribution < -0.4 is 10.5 Å². The van der Waals surface area contributed by atoms with E-state index in [0.717, 1.165) is 29.0 Å². The zero-order chi connectivity index (χ0) is 13.8. The molecule has 1 unspecified atom stereocenters. The molecule has 2 N–H and O–H groups in total. The summed E-state index contributed by atoms with van der Waals surface area (Å²) >= 11 is 5.95. The second kappa shape index (κ2) is 6.09. The van der Waals surface area contributed by atoms with E-state index in [4.69, 9.17) is 22.1 Å². The molecule has 2 aromatic rings. The Kier molecular flexibility index (Phi) is 4.46. The molecule has 0 spiro atoms. The van der Waals surface area contributed by atoms with E-state index in [9.17, 15) is 0 Å². The molecule has 2 nitrogen and oxygen atoms in total. The summed E-state index contributed by atoms with van der Waals surface area (Å²) < 4.78 is 5.98. The van der Waals surface area contributed by atoms with E-state index in [2.05, 4.69) is 0 Å². The average Bonchev–Trinajstić information content (AvgIpc) is 2.34. The predicted octanol–water partition coefficient (Wildman–Crippen LogP) is 4.33. The van der Waals surface area contributed by atoms with Gasteiger partial charge in [-0.05, 0) is 55.7 Å². The maximum absolute atomic E-state index is 5.98. The Morgan fingerprint density at radius 1 is 1.16 bits per heavy atom. The minimum atomic E-state index is 0.107. The molecule has 0 amide bonds. The number of para-hydroxylation sites is 1. The molecule has 0 aliphatic heterocycles. The number of benzene rings is 2. The molecule has 0 saturated carbocycles. The van der Waals surface area contributed by atoms with E-state index >= 15 is 0 Å². The first kappa shape index (κ1) is 13.9. The SMILES string of the molecule is Cc1cc(Cl)ccc1Oc1ccccc1CC(C)N. The summed E-state index contributed by atoms with van der Waals surface area (Å²) in [6.07, 6.45) is 0.794. The van der Waals surface area contributed by atoms with E-state index in [0.29, 0.717) is 5.02 Å². The van der Waals surface area contributed by atoms with Crippen molar-refractivity contribution >= 4 is 11.6 Å². The van der Waals surface area contributed by atoms with Crippen molar-refractivity contribution < 1.29 is 4.74 Å². The van der Waals surface area contributed by atoms with Gasteiger partial charge in [0.2, 0.25) is 0 Å². The van der Waals surface area contributed by atoms with Crippen molar-refractivity contribution in [2.24, 2.45) is 5.73 Å². The fourth-order valence-electron chi connectivity index (χ4n) is 1.96. The number of halogens is 1. The lowest BCUT2D eigenvalue weighted by Gasteiger charge is -2.14. The van der Waals surface area contributed by atoms with Gasteiger partial charge in [0, 0.05) is 11.1 Å². The second-order valence-corrected chi connectivity index (χ2v) is 5.24. The fraction of sp³-hybridized carbons (Fsp3) is 0.250. The van der Waals surface area contributed by atoms with Crippen molar-refractivity contribution in [2.45, 2.75) is 26.3 Å². The molecule has 0 aliphatic rings. The Balaban J connectivity index is 2.27. The van der Waals surface area contributed by atoms with Gasteiger partial charge in [-0.3, -0.25) is 0 Å². The lowest BCUT2D eigenvalue weighted by atomic mass is 10.1. The van der Waals surface area contributed by atoms with E-state index in [-0.39, 0.29) is 6.04 Å². The Morgan fingerprint density at radius 2 is 1.89 bits per heavy atom. The molecule has 2 aromatic carbocycles. The topological polar surface area (TPSA) is 35.2 Å². The zero-order valence-electron chi connectivity index (χ0n) is 11.2. The first-order valence-corrected chi connectivity index (χ1v) is 6.71. The smallest absolute Gasteiger partial charge is 0.130 e. The predicted molar refractivity (Wildman–Crippen MR) is 80.1 cm³/mol. The number of rotatable bonds is 4. The normalized spacial score (nSPS) is 12.2. The highest BCUT2D eigenvalue weighted by Crippen LogP contribution is 2.29. The van der Waals surface area contributed by atoms with Gasteiger partial charge in [0.15, 0.2) is 0 Å². The van der Waals surface area contributed by atoms with Gasteiger partial charge in [0.1, 0.15) is 11.5 Å². The molecule has 0 fully saturated rings. The summed E-state index contributed by atoms with van der Waals surface area (Å²) in [6, 6.07) is 13.7. The van der Waals surface area contributed by atoms with Crippen LogP contribution in [-0.2, 0) is 6.42 Å². The van der Waals surface area contributed by atoms with Crippen LogP contribution in [0, 0.1) is 6.92 Å². The highest BCUT2D eigenvalue weighted by Gasteiger charge is 2.08. The lowest BCUT2D eigenvalue weighted by molar-refractivity contribution is 0.470. The number of ether oxygens (including phenoxy) is 1. The summed E-state index contributed by atoms with van der Waals surface area (Å²) in [5.41, 5.74) is 8.00. The number of aryl methyl sites for hydroxylation is 1. The van der Waals surface area contributed by atoms with E-state index in [1.54, 1.807) is 0 Å². The monoisotopic (exact) mass is 275 g/mol. The maximum Gasteiger partial charge on any atom is 0.130 e. The Hall–Kier alpha value is -1.51. The summed E-state index contributed by atoms with van der Waals surface area (Å²) in [4.78, 5) is 0. The van der Waals surface area contributed by atoms with E-state index in [1.807, 2.05) is 56.3 Å². The standard InChI is InChI=1S/C16H18ClNO/c1-11-9-14(17)7-8-15(11)19-16-6-4-3-5-13(16)10-12(2)18/h3-9,12H,10,18H2,1-2H3. The van der Waals surface area contributed by atoms with Gasteiger partial charge in [-0.2, -0.15) is 0 Å². The molecule has 0 bridgehead atoms. The minimum absolute atomic E-state index is 0.107. The van der Waals surface area contributed by atoms with Crippen molar-refractivity contribution in [2.75, 3.05) is 0 Å². The molecule has 0 aromatic heterocycles. The molecule has 0 heterocycles. The third-order valence-electron chi connectivity index (χ3n) is 2.87. The second-order valence-electron chi connectivity index (χ2n) is 4.80. The molecule has 3 heteroatoms. The van der Waals surface area contributed by atoms with Crippen LogP contribution in [0.5, 0.6) is 11.5 Å². The van der Waals surface area contributed by atoms with Gasteiger partial charge in [-0.25, -0.2) is 0 Å². The molecule has 0 saturated heterocycles. The molecular weight excluding hydrogens is 258 g/mol. The third kappa shape index (κ3) is 3.72. The highest BCUT2D eigenvalue weighted by molar-refractivity contribution is 6.30. The third-order valence-corrected chi connectivity index (χ3v) is 3.11. The molecule has 2 rings (SSSR count). The largest absolute Gasteiger partial charge is 0.457 e. The van der Waals surface area contributed by atoms with Crippen LogP contribution in [0.25, 0.3) is 0 Å². The Morgan fingerprint density at radius 3 is 2.58 bits per heavy atom. The summed E-state index contributed by atoms with van der Waals surface area (Å²) in [6.45, 7) is 3.97. The summed E-state index contributed by atoms with van der Waals surface area (Å²) in [5.74, 6) is 1.67. The first-order chi connectivity index (χ1) is 9.06. The van der Waals surface area contributed by atoms with Crippen LogP contribution in [0.1, 0.15) is 18.1 Å². The number of nitrogens with two attached hydrogens (primary N) is 1. The maximum atomic E-state index is 5.98. The fourth-order valence-corrected chi connectivity index (χ4v) is 2.19. The van der Waals surface area contributed by atoms with Gasteiger partial charge < -0.3 is 10.5 Å². The van der Waals surface area contributed by atoms with Gasteiger partial charge in [-0.15, -0.1) is 0 Å². The summed E-state index contributed by atoms with van der Waals surface area (Å²) in [7, 11) is 0. The van der Waals surface area contributed by atoms with Gasteiger partial charge in [-0.1, -0.05) is 29.8 Å². The minimum Gasteiger partial charge on any atom is -0.457 e. The van der Waals surface area contributed by atoms with Crippen molar-refractivity contribution in [3.05, 3.63) is 58.6 Å². The van der Waals surface area contributed by atoms with Crippen LogP contribution in [0.15, 0.2) is 42.5 Å². The summed E-state index contributed by atoms with van der Waals surface area (Å²) in [5, 5.41) is 0.716. The van der Waals surface area contributed by atoms with Crippen molar-refractivity contribution in [3.8, 4) is 11.5 Å². The van der Waals surface area contributed by atoms with Crippen molar-refractivity contribution in [3.63, 3.8) is 0 Å². The molecule has 1 atom stereocenters. The van der Waals surface area contributed by atoms with Crippen LogP contribution in [-0.4, -0.2) is 6.04 Å². The van der Waals surface area contributed by atoms with Crippen molar-refractivity contribution in [1.82, 2.24) is 0 Å². The van der Waals surface area contributed by atoms with Crippen LogP contribution in [0.4, 0.5) is 0 Å². The van der Waals surface area contributed by atoms with Crippen molar-refractivity contribution in [1.29, 1.82) is 0 Å². The number of hydrogen-bond donors (Lipinski definition) is 1. The lowest BCUT2D eigenvalue weighted by Crippen LogP contribution is -2.18. The van der Waals surface area contributed by atoms with Crippen LogP contribution in [0.3, 0.4) is 0 Å². The molecule has 0 radical (unpaired) electrons. The Labute approximate surface area is 119 Å². The van der Waals surface area contributed by atoms with Gasteiger partial charge in [0.05, 0.1) is 0 Å². The average molecular weight is 276 g/mol. The first-order valence-electron chi connectivity index (χ1n) is 6.34. The van der Waals surface area contributed by atoms with Gasteiger partial charge in [0.25, 0.3) is 0 Å². The molecular formula is C16H18ClNO. The van der Waals surface area contributed by atoms with E-state index in [1.165, 1.54) is 0 Å². The van der Waals surface area contributed by atoms with Crippen LogP contribution in [0.2, 0.25) is 5.02 Å². The Bertz CT molecular complexity index is 566.